The highest BCUT2D eigenvalue weighted by Gasteiger charge is 2.17. The molecule has 0 amide bonds. The van der Waals surface area contributed by atoms with Gasteiger partial charge in [-0.3, -0.25) is 4.79 Å². The number of aromatic nitrogens is 3. The summed E-state index contributed by atoms with van der Waals surface area (Å²) in [6, 6.07) is 15.3. The molecule has 2 aromatic carbocycles. The quantitative estimate of drug-likeness (QED) is 0.570. The monoisotopic (exact) mass is 319 g/mol. The molecule has 24 heavy (non-hydrogen) atoms. The third-order valence-electron chi connectivity index (χ3n) is 4.42. The van der Waals surface area contributed by atoms with Gasteiger partial charge in [0.1, 0.15) is 11.3 Å². The standard InChI is InChI=1S/C19H17N3O2/c1-12-17-15-10-9-14(24-3)11-16(15)21(2)18(17)19(23)22(20-12)13-7-5-4-6-8-13/h4-11H,1-3H3. The summed E-state index contributed by atoms with van der Waals surface area (Å²) in [7, 11) is 3.54. The van der Waals surface area contributed by atoms with Crippen LogP contribution in [0.4, 0.5) is 0 Å². The van der Waals surface area contributed by atoms with Crippen LogP contribution < -0.4 is 10.3 Å². The van der Waals surface area contributed by atoms with E-state index in [1.807, 2.05) is 67.1 Å². The Bertz CT molecular complexity index is 1120. The van der Waals surface area contributed by atoms with E-state index in [0.717, 1.165) is 33.4 Å². The fourth-order valence-corrected chi connectivity index (χ4v) is 3.25. The van der Waals surface area contributed by atoms with Crippen molar-refractivity contribution in [1.29, 1.82) is 0 Å². The number of benzene rings is 2. The van der Waals surface area contributed by atoms with Gasteiger partial charge in [-0.1, -0.05) is 18.2 Å². The molecule has 2 aromatic heterocycles. The molecule has 0 N–H and O–H groups in total. The van der Waals surface area contributed by atoms with E-state index in [1.165, 1.54) is 4.68 Å². The maximum atomic E-state index is 13.1. The summed E-state index contributed by atoms with van der Waals surface area (Å²) in [4.78, 5) is 13.1. The van der Waals surface area contributed by atoms with Crippen LogP contribution in [-0.4, -0.2) is 21.5 Å². The number of fused-ring (bicyclic) bond motifs is 3. The first-order valence-corrected chi connectivity index (χ1v) is 7.73. The van der Waals surface area contributed by atoms with E-state index in [2.05, 4.69) is 5.10 Å². The van der Waals surface area contributed by atoms with Crippen LogP contribution in [0.2, 0.25) is 0 Å². The molecule has 0 atom stereocenters. The molecule has 0 bridgehead atoms. The minimum atomic E-state index is -0.125. The van der Waals surface area contributed by atoms with Crippen molar-refractivity contribution in [3.05, 3.63) is 64.6 Å². The maximum absolute atomic E-state index is 13.1. The van der Waals surface area contributed by atoms with E-state index in [1.54, 1.807) is 7.11 Å². The molecular weight excluding hydrogens is 302 g/mol. The van der Waals surface area contributed by atoms with Crippen LogP contribution in [0, 0.1) is 6.92 Å². The Hall–Kier alpha value is -3.08. The maximum Gasteiger partial charge on any atom is 0.296 e. The Morgan fingerprint density at radius 1 is 1.08 bits per heavy atom. The van der Waals surface area contributed by atoms with Gasteiger partial charge in [-0.15, -0.1) is 0 Å². The van der Waals surface area contributed by atoms with Crippen LogP contribution >= 0.6 is 0 Å². The Morgan fingerprint density at radius 2 is 1.83 bits per heavy atom. The first kappa shape index (κ1) is 14.5. The van der Waals surface area contributed by atoms with Gasteiger partial charge in [0.05, 0.1) is 24.0 Å². The van der Waals surface area contributed by atoms with E-state index in [0.29, 0.717) is 5.52 Å². The van der Waals surface area contributed by atoms with E-state index in [4.69, 9.17) is 4.74 Å². The number of hydrogen-bond donors (Lipinski definition) is 0. The van der Waals surface area contributed by atoms with Gasteiger partial charge >= 0.3 is 0 Å². The molecule has 0 aliphatic carbocycles. The van der Waals surface area contributed by atoms with Gasteiger partial charge in [-0.25, -0.2) is 0 Å². The molecule has 0 radical (unpaired) electrons. The van der Waals surface area contributed by atoms with Crippen LogP contribution in [0.25, 0.3) is 27.5 Å². The largest absolute Gasteiger partial charge is 0.497 e. The zero-order valence-electron chi connectivity index (χ0n) is 13.8. The van der Waals surface area contributed by atoms with Crippen LogP contribution in [0.1, 0.15) is 5.69 Å². The van der Waals surface area contributed by atoms with Gasteiger partial charge in [-0.05, 0) is 31.2 Å². The summed E-state index contributed by atoms with van der Waals surface area (Å²) in [5, 5.41) is 6.44. The third kappa shape index (κ3) is 1.94. The van der Waals surface area contributed by atoms with E-state index >= 15 is 0 Å². The molecule has 120 valence electrons. The van der Waals surface area contributed by atoms with E-state index in [9.17, 15) is 4.79 Å². The highest BCUT2D eigenvalue weighted by molar-refractivity contribution is 6.09. The lowest BCUT2D eigenvalue weighted by atomic mass is 10.1. The zero-order chi connectivity index (χ0) is 16.8. The predicted molar refractivity (Wildman–Crippen MR) is 95.1 cm³/mol. The highest BCUT2D eigenvalue weighted by Crippen LogP contribution is 2.30. The smallest absolute Gasteiger partial charge is 0.296 e. The summed E-state index contributed by atoms with van der Waals surface area (Å²) in [6.45, 7) is 1.94. The molecule has 0 aliphatic heterocycles. The number of aryl methyl sites for hydroxylation is 2. The van der Waals surface area contributed by atoms with Gasteiger partial charge in [0.25, 0.3) is 5.56 Å². The van der Waals surface area contributed by atoms with Gasteiger partial charge in [0.15, 0.2) is 0 Å². The molecule has 4 rings (SSSR count). The second-order valence-corrected chi connectivity index (χ2v) is 5.80. The number of nitrogens with zero attached hydrogens (tertiary/aromatic N) is 3. The van der Waals surface area contributed by atoms with Crippen LogP contribution in [0.5, 0.6) is 5.75 Å². The SMILES string of the molecule is COc1ccc2c3c(C)nn(-c4ccccc4)c(=O)c3n(C)c2c1. The molecule has 2 heterocycles. The lowest BCUT2D eigenvalue weighted by molar-refractivity contribution is 0.415. The second kappa shape index (κ2) is 5.23. The lowest BCUT2D eigenvalue weighted by Crippen LogP contribution is -2.23. The summed E-state index contributed by atoms with van der Waals surface area (Å²) in [5.41, 5.74) is 3.06. The van der Waals surface area contributed by atoms with Gasteiger partial charge in [0.2, 0.25) is 0 Å². The van der Waals surface area contributed by atoms with Crippen LogP contribution in [-0.2, 0) is 7.05 Å². The van der Waals surface area contributed by atoms with Gasteiger partial charge in [-0.2, -0.15) is 9.78 Å². The van der Waals surface area contributed by atoms with Crippen molar-refractivity contribution in [3.8, 4) is 11.4 Å². The van der Waals surface area contributed by atoms with E-state index in [-0.39, 0.29) is 5.56 Å². The van der Waals surface area contributed by atoms with Crippen molar-refractivity contribution < 1.29 is 4.74 Å². The van der Waals surface area contributed by atoms with Crippen molar-refractivity contribution in [3.63, 3.8) is 0 Å². The fourth-order valence-electron chi connectivity index (χ4n) is 3.25. The Balaban J connectivity index is 2.16. The lowest BCUT2D eigenvalue weighted by Gasteiger charge is -2.07. The number of methoxy groups -OCH3 is 1. The summed E-state index contributed by atoms with van der Waals surface area (Å²) in [5.74, 6) is 0.766. The first-order chi connectivity index (χ1) is 11.6. The van der Waals surface area contributed by atoms with Crippen molar-refractivity contribution in [2.45, 2.75) is 6.92 Å². The minimum Gasteiger partial charge on any atom is -0.497 e. The third-order valence-corrected chi connectivity index (χ3v) is 4.42. The van der Waals surface area contributed by atoms with Crippen LogP contribution in [0.3, 0.4) is 0 Å². The van der Waals surface area contributed by atoms with Crippen molar-refractivity contribution in [1.82, 2.24) is 14.3 Å². The molecule has 0 fully saturated rings. The molecule has 5 nitrogen and oxygen atoms in total. The molecule has 0 spiro atoms. The Labute approximate surface area is 138 Å². The number of ether oxygens (including phenoxy) is 1. The molecule has 0 unspecified atom stereocenters. The summed E-state index contributed by atoms with van der Waals surface area (Å²) < 4.78 is 8.70. The zero-order valence-corrected chi connectivity index (χ0v) is 13.8. The van der Waals surface area contributed by atoms with Crippen molar-refractivity contribution >= 4 is 21.8 Å². The summed E-state index contributed by atoms with van der Waals surface area (Å²) in [6.07, 6.45) is 0. The molecule has 5 heteroatoms. The predicted octanol–water partition coefficient (Wildman–Crippen LogP) is 3.19. The summed E-state index contributed by atoms with van der Waals surface area (Å²) >= 11 is 0. The second-order valence-electron chi connectivity index (χ2n) is 5.80. The number of hydrogen-bond acceptors (Lipinski definition) is 3. The highest BCUT2D eigenvalue weighted by atomic mass is 16.5. The Morgan fingerprint density at radius 3 is 2.54 bits per heavy atom. The van der Waals surface area contributed by atoms with Gasteiger partial charge < -0.3 is 9.30 Å². The molecule has 0 aliphatic rings. The topological polar surface area (TPSA) is 49.1 Å². The normalized spacial score (nSPS) is 11.3. The average Bonchev–Trinajstić information content (AvgIpc) is 2.92. The Kier molecular flexibility index (Phi) is 3.16. The molecular formula is C19H17N3O2. The first-order valence-electron chi connectivity index (χ1n) is 7.73. The number of rotatable bonds is 2. The molecule has 0 saturated carbocycles. The number of para-hydroxylation sites is 1. The average molecular weight is 319 g/mol. The minimum absolute atomic E-state index is 0.125. The van der Waals surface area contributed by atoms with Gasteiger partial charge in [0, 0.05) is 23.9 Å². The van der Waals surface area contributed by atoms with E-state index < -0.39 is 0 Å². The fraction of sp³-hybridized carbons (Fsp3) is 0.158. The molecule has 4 aromatic rings. The van der Waals surface area contributed by atoms with Crippen molar-refractivity contribution in [2.75, 3.05) is 7.11 Å². The van der Waals surface area contributed by atoms with Crippen LogP contribution in [0.15, 0.2) is 53.3 Å². The molecule has 0 saturated heterocycles. The van der Waals surface area contributed by atoms with Crippen molar-refractivity contribution in [2.24, 2.45) is 7.05 Å².